The first kappa shape index (κ1) is 15.2. The zero-order valence-electron chi connectivity index (χ0n) is 12.3. The Balaban J connectivity index is 2.29. The molecule has 0 bridgehead atoms. The predicted molar refractivity (Wildman–Crippen MR) is 77.7 cm³/mol. The third-order valence-electron chi connectivity index (χ3n) is 3.42. The lowest BCUT2D eigenvalue weighted by Crippen LogP contribution is -2.14. The van der Waals surface area contributed by atoms with Crippen LogP contribution < -0.4 is 5.32 Å². The van der Waals surface area contributed by atoms with Crippen LogP contribution >= 0.6 is 0 Å². The van der Waals surface area contributed by atoms with Crippen LogP contribution in [0.15, 0.2) is 6.20 Å². The van der Waals surface area contributed by atoms with Gasteiger partial charge >= 0.3 is 0 Å². The largest absolute Gasteiger partial charge is 0.313 e. The van der Waals surface area contributed by atoms with Gasteiger partial charge in [0.15, 0.2) is 0 Å². The van der Waals surface area contributed by atoms with Gasteiger partial charge in [-0.1, -0.05) is 39.5 Å². The highest BCUT2D eigenvalue weighted by Crippen LogP contribution is 2.09. The van der Waals surface area contributed by atoms with Crippen molar-refractivity contribution >= 4 is 0 Å². The van der Waals surface area contributed by atoms with Crippen LogP contribution in [0.5, 0.6) is 0 Å². The Labute approximate surface area is 112 Å². The van der Waals surface area contributed by atoms with Crippen LogP contribution in [0.3, 0.4) is 0 Å². The van der Waals surface area contributed by atoms with Crippen molar-refractivity contribution in [3.63, 3.8) is 0 Å². The molecule has 0 aromatic carbocycles. The smallest absolute Gasteiger partial charge is 0.0537 e. The summed E-state index contributed by atoms with van der Waals surface area (Å²) in [6.07, 6.45) is 9.83. The number of aryl methyl sites for hydroxylation is 1. The van der Waals surface area contributed by atoms with E-state index >= 15 is 0 Å². The van der Waals surface area contributed by atoms with E-state index in [1.54, 1.807) is 0 Å². The van der Waals surface area contributed by atoms with Crippen molar-refractivity contribution in [2.45, 2.75) is 72.4 Å². The van der Waals surface area contributed by atoms with Crippen molar-refractivity contribution in [3.05, 3.63) is 17.5 Å². The lowest BCUT2D eigenvalue weighted by atomic mass is 10.1. The molecule has 104 valence electrons. The zero-order valence-corrected chi connectivity index (χ0v) is 12.3. The lowest BCUT2D eigenvalue weighted by molar-refractivity contribution is 0.523. The van der Waals surface area contributed by atoms with E-state index in [0.29, 0.717) is 0 Å². The molecule has 0 aliphatic carbocycles. The molecule has 0 unspecified atom stereocenters. The fraction of sp³-hybridized carbons (Fsp3) is 0.800. The minimum absolute atomic E-state index is 0.954. The van der Waals surface area contributed by atoms with Gasteiger partial charge in [0.05, 0.1) is 6.20 Å². The second-order valence-electron chi connectivity index (χ2n) is 5.07. The van der Waals surface area contributed by atoms with Crippen LogP contribution in [0.1, 0.15) is 63.6 Å². The Morgan fingerprint density at radius 2 is 1.89 bits per heavy atom. The van der Waals surface area contributed by atoms with Crippen LogP contribution in [0.25, 0.3) is 0 Å². The molecule has 1 rings (SSSR count). The van der Waals surface area contributed by atoms with E-state index in [2.05, 4.69) is 35.9 Å². The van der Waals surface area contributed by atoms with Gasteiger partial charge in [-0.15, -0.1) is 0 Å². The lowest BCUT2D eigenvalue weighted by Gasteiger charge is -2.06. The summed E-state index contributed by atoms with van der Waals surface area (Å²) in [6, 6.07) is 0. The van der Waals surface area contributed by atoms with Gasteiger partial charge in [0.1, 0.15) is 0 Å². The van der Waals surface area contributed by atoms with Crippen molar-refractivity contribution < 1.29 is 0 Å². The number of unbranched alkanes of at least 4 members (excludes halogenated alkanes) is 4. The van der Waals surface area contributed by atoms with Crippen LogP contribution in [-0.2, 0) is 13.1 Å². The van der Waals surface area contributed by atoms with Crippen molar-refractivity contribution in [1.82, 2.24) is 15.1 Å². The normalized spacial score (nSPS) is 11.1. The number of hydrogen-bond acceptors (Lipinski definition) is 2. The van der Waals surface area contributed by atoms with Crippen molar-refractivity contribution in [3.8, 4) is 0 Å². The molecule has 3 heteroatoms. The van der Waals surface area contributed by atoms with Gasteiger partial charge in [0.25, 0.3) is 0 Å². The summed E-state index contributed by atoms with van der Waals surface area (Å²) in [4.78, 5) is 0. The van der Waals surface area contributed by atoms with E-state index in [9.17, 15) is 0 Å². The zero-order chi connectivity index (χ0) is 13.2. The Bertz CT molecular complexity index is 318. The molecule has 0 saturated heterocycles. The molecular formula is C15H29N3. The number of nitrogens with one attached hydrogen (secondary N) is 1. The summed E-state index contributed by atoms with van der Waals surface area (Å²) in [5.74, 6) is 0. The summed E-state index contributed by atoms with van der Waals surface area (Å²) < 4.78 is 2.16. The molecule has 0 saturated carbocycles. The van der Waals surface area contributed by atoms with E-state index in [1.807, 2.05) is 6.20 Å². The topological polar surface area (TPSA) is 29.9 Å². The molecule has 0 aliphatic rings. The number of hydrogen-bond donors (Lipinski definition) is 1. The summed E-state index contributed by atoms with van der Waals surface area (Å²) in [7, 11) is 0. The van der Waals surface area contributed by atoms with Gasteiger partial charge < -0.3 is 5.32 Å². The molecule has 1 N–H and O–H groups in total. The molecule has 1 heterocycles. The second kappa shape index (κ2) is 9.15. The van der Waals surface area contributed by atoms with E-state index in [4.69, 9.17) is 0 Å². The fourth-order valence-electron chi connectivity index (χ4n) is 2.15. The van der Waals surface area contributed by atoms with Crippen molar-refractivity contribution in [1.29, 1.82) is 0 Å². The number of rotatable bonds is 10. The summed E-state index contributed by atoms with van der Waals surface area (Å²) in [6.45, 7) is 9.75. The molecule has 0 fully saturated rings. The molecular weight excluding hydrogens is 222 g/mol. The molecule has 3 nitrogen and oxygen atoms in total. The maximum absolute atomic E-state index is 4.49. The molecule has 1 aromatic heterocycles. The van der Waals surface area contributed by atoms with Gasteiger partial charge in [0, 0.05) is 24.3 Å². The molecule has 1 aromatic rings. The fourth-order valence-corrected chi connectivity index (χ4v) is 2.15. The first-order chi connectivity index (χ1) is 8.79. The average Bonchev–Trinajstić information content (AvgIpc) is 2.71. The summed E-state index contributed by atoms with van der Waals surface area (Å²) >= 11 is 0. The van der Waals surface area contributed by atoms with Gasteiger partial charge in [0.2, 0.25) is 0 Å². The first-order valence-electron chi connectivity index (χ1n) is 7.51. The minimum atomic E-state index is 0.954. The Kier molecular flexibility index (Phi) is 7.74. The molecule has 0 spiro atoms. The number of nitrogens with zero attached hydrogens (tertiary/aromatic N) is 2. The molecule has 0 atom stereocenters. The molecule has 0 aliphatic heterocycles. The highest BCUT2D eigenvalue weighted by Gasteiger charge is 2.05. The van der Waals surface area contributed by atoms with Crippen LogP contribution in [0.4, 0.5) is 0 Å². The monoisotopic (exact) mass is 251 g/mol. The maximum atomic E-state index is 4.49. The highest BCUT2D eigenvalue weighted by molar-refractivity contribution is 5.15. The maximum Gasteiger partial charge on any atom is 0.0537 e. The third kappa shape index (κ3) is 5.21. The summed E-state index contributed by atoms with van der Waals surface area (Å²) in [5.41, 5.74) is 2.67. The van der Waals surface area contributed by atoms with Crippen molar-refractivity contribution in [2.24, 2.45) is 0 Å². The molecule has 18 heavy (non-hydrogen) atoms. The predicted octanol–water partition coefficient (Wildman–Crippen LogP) is 3.66. The molecule has 0 amide bonds. The van der Waals surface area contributed by atoms with E-state index in [0.717, 1.165) is 19.6 Å². The van der Waals surface area contributed by atoms with Crippen LogP contribution in [-0.4, -0.2) is 16.3 Å². The molecule has 0 radical (unpaired) electrons. The van der Waals surface area contributed by atoms with Gasteiger partial charge in [-0.25, -0.2) is 0 Å². The third-order valence-corrected chi connectivity index (χ3v) is 3.42. The summed E-state index contributed by atoms with van der Waals surface area (Å²) in [5, 5.41) is 7.93. The van der Waals surface area contributed by atoms with Gasteiger partial charge in [-0.3, -0.25) is 4.68 Å². The van der Waals surface area contributed by atoms with Crippen LogP contribution in [0, 0.1) is 6.92 Å². The van der Waals surface area contributed by atoms with Crippen molar-refractivity contribution in [2.75, 3.05) is 6.54 Å². The number of aromatic nitrogens is 2. The Morgan fingerprint density at radius 1 is 1.11 bits per heavy atom. The van der Waals surface area contributed by atoms with Gasteiger partial charge in [-0.2, -0.15) is 5.10 Å². The first-order valence-corrected chi connectivity index (χ1v) is 7.51. The van der Waals surface area contributed by atoms with E-state index in [1.165, 1.54) is 49.8 Å². The second-order valence-corrected chi connectivity index (χ2v) is 5.07. The van der Waals surface area contributed by atoms with Crippen LogP contribution in [0.2, 0.25) is 0 Å². The Hall–Kier alpha value is -0.830. The van der Waals surface area contributed by atoms with E-state index < -0.39 is 0 Å². The highest BCUT2D eigenvalue weighted by atomic mass is 15.3. The average molecular weight is 251 g/mol. The Morgan fingerprint density at radius 3 is 2.61 bits per heavy atom. The van der Waals surface area contributed by atoms with E-state index in [-0.39, 0.29) is 0 Å². The standard InChI is InChI=1S/C15H29N3/c1-4-6-7-8-9-11-18-14(3)15(13-17-18)12-16-10-5-2/h13,16H,4-12H2,1-3H3. The van der Waals surface area contributed by atoms with Gasteiger partial charge in [-0.05, 0) is 26.3 Å². The SMILES string of the molecule is CCCCCCCn1ncc(CNCCC)c1C. The quantitative estimate of drug-likeness (QED) is 0.643. The minimum Gasteiger partial charge on any atom is -0.313 e.